The summed E-state index contributed by atoms with van der Waals surface area (Å²) in [5.41, 5.74) is 2.13. The molecule has 0 aliphatic rings. The van der Waals surface area contributed by atoms with Gasteiger partial charge in [0.1, 0.15) is 0 Å². The zero-order chi connectivity index (χ0) is 13.5. The van der Waals surface area contributed by atoms with Crippen LogP contribution in [0.3, 0.4) is 0 Å². The monoisotopic (exact) mass is 247 g/mol. The van der Waals surface area contributed by atoms with Crippen molar-refractivity contribution in [3.05, 3.63) is 41.5 Å². The van der Waals surface area contributed by atoms with Gasteiger partial charge >= 0.3 is 5.97 Å². The quantitative estimate of drug-likeness (QED) is 0.786. The lowest BCUT2D eigenvalue weighted by Crippen LogP contribution is -2.29. The summed E-state index contributed by atoms with van der Waals surface area (Å²) < 4.78 is 0. The number of aliphatic carboxylic acids is 1. The molecule has 0 aliphatic carbocycles. The molecule has 0 saturated heterocycles. The average Bonchev–Trinajstić information content (AvgIpc) is 2.33. The van der Waals surface area contributed by atoms with Gasteiger partial charge in [0, 0.05) is 18.7 Å². The van der Waals surface area contributed by atoms with E-state index in [9.17, 15) is 4.79 Å². The summed E-state index contributed by atoms with van der Waals surface area (Å²) in [6, 6.07) is 8.49. The van der Waals surface area contributed by atoms with E-state index >= 15 is 0 Å². The summed E-state index contributed by atoms with van der Waals surface area (Å²) in [7, 11) is 0. The highest BCUT2D eigenvalue weighted by Gasteiger charge is 2.07. The summed E-state index contributed by atoms with van der Waals surface area (Å²) in [5.74, 6) is -0.919. The van der Waals surface area contributed by atoms with Gasteiger partial charge in [0.25, 0.3) is 0 Å². The number of carboxylic acid groups (broad SMARTS) is 1. The largest absolute Gasteiger partial charge is 0.478 e. The summed E-state index contributed by atoms with van der Waals surface area (Å²) in [6.45, 7) is 8.40. The molecule has 0 atom stereocenters. The number of hydrogen-bond acceptors (Lipinski definition) is 2. The normalized spacial score (nSPS) is 11.6. The smallest absolute Gasteiger partial charge is 0.328 e. The molecule has 18 heavy (non-hydrogen) atoms. The Morgan fingerprint density at radius 3 is 2.72 bits per heavy atom. The lowest BCUT2D eigenvalue weighted by atomic mass is 10.1. The second-order valence-electron chi connectivity index (χ2n) is 4.57. The number of carboxylic acids is 1. The van der Waals surface area contributed by atoms with Crippen molar-refractivity contribution in [2.75, 3.05) is 6.54 Å². The fourth-order valence-corrected chi connectivity index (χ4v) is 1.86. The van der Waals surface area contributed by atoms with E-state index in [1.165, 1.54) is 11.6 Å². The maximum absolute atomic E-state index is 10.5. The molecule has 0 heterocycles. The van der Waals surface area contributed by atoms with Crippen LogP contribution in [-0.2, 0) is 11.3 Å². The second-order valence-corrected chi connectivity index (χ2v) is 4.57. The molecule has 1 aromatic carbocycles. The van der Waals surface area contributed by atoms with Crippen molar-refractivity contribution < 1.29 is 9.90 Å². The third-order valence-corrected chi connectivity index (χ3v) is 2.89. The van der Waals surface area contributed by atoms with E-state index in [4.69, 9.17) is 5.11 Å². The zero-order valence-electron chi connectivity index (χ0n) is 11.3. The first-order valence-corrected chi connectivity index (χ1v) is 6.27. The molecule has 0 aromatic heterocycles. The number of benzene rings is 1. The summed E-state index contributed by atoms with van der Waals surface area (Å²) >= 11 is 0. The van der Waals surface area contributed by atoms with Crippen molar-refractivity contribution in [3.8, 4) is 0 Å². The van der Waals surface area contributed by atoms with E-state index in [1.54, 1.807) is 6.08 Å². The topological polar surface area (TPSA) is 40.5 Å². The molecule has 1 N–H and O–H groups in total. The average molecular weight is 247 g/mol. The van der Waals surface area contributed by atoms with Crippen LogP contribution in [0.15, 0.2) is 30.3 Å². The third kappa shape index (κ3) is 4.72. The predicted octanol–water partition coefficient (Wildman–Crippen LogP) is 3.01. The van der Waals surface area contributed by atoms with E-state index in [1.807, 2.05) is 18.2 Å². The fraction of sp³-hybridized carbons (Fsp3) is 0.400. The molecule has 0 saturated carbocycles. The van der Waals surface area contributed by atoms with Gasteiger partial charge in [-0.2, -0.15) is 0 Å². The Hall–Kier alpha value is -1.61. The van der Waals surface area contributed by atoms with Crippen molar-refractivity contribution in [2.24, 2.45) is 0 Å². The van der Waals surface area contributed by atoms with Crippen LogP contribution in [0, 0.1) is 0 Å². The molecule has 0 aliphatic heterocycles. The summed E-state index contributed by atoms with van der Waals surface area (Å²) in [4.78, 5) is 12.8. The molecule has 0 fully saturated rings. The van der Waals surface area contributed by atoms with Crippen LogP contribution in [0.25, 0.3) is 6.08 Å². The van der Waals surface area contributed by atoms with Crippen LogP contribution in [0.1, 0.15) is 31.9 Å². The first-order chi connectivity index (χ1) is 8.52. The van der Waals surface area contributed by atoms with Crippen molar-refractivity contribution in [1.29, 1.82) is 0 Å². The lowest BCUT2D eigenvalue weighted by Gasteiger charge is -2.24. The molecular formula is C15H21NO2. The number of carbonyl (C=O) groups is 1. The lowest BCUT2D eigenvalue weighted by molar-refractivity contribution is -0.131. The van der Waals surface area contributed by atoms with Crippen LogP contribution < -0.4 is 0 Å². The molecular weight excluding hydrogens is 226 g/mol. The number of hydrogen-bond donors (Lipinski definition) is 1. The molecule has 0 amide bonds. The van der Waals surface area contributed by atoms with Gasteiger partial charge in [0.2, 0.25) is 0 Å². The SMILES string of the molecule is CCN(Cc1cccc(C=CC(=O)O)c1)C(C)C. The highest BCUT2D eigenvalue weighted by Crippen LogP contribution is 2.11. The maximum atomic E-state index is 10.5. The van der Waals surface area contributed by atoms with E-state index < -0.39 is 5.97 Å². The Balaban J connectivity index is 2.78. The molecule has 1 aromatic rings. The fourth-order valence-electron chi connectivity index (χ4n) is 1.86. The second kappa shape index (κ2) is 6.97. The number of rotatable bonds is 6. The van der Waals surface area contributed by atoms with Gasteiger partial charge in [-0.15, -0.1) is 0 Å². The Kier molecular flexibility index (Phi) is 5.59. The Morgan fingerprint density at radius 2 is 2.17 bits per heavy atom. The van der Waals surface area contributed by atoms with Crippen molar-refractivity contribution in [1.82, 2.24) is 4.90 Å². The van der Waals surface area contributed by atoms with Crippen LogP contribution >= 0.6 is 0 Å². The summed E-state index contributed by atoms with van der Waals surface area (Å²) in [5, 5.41) is 8.61. The Bertz CT molecular complexity index is 424. The van der Waals surface area contributed by atoms with Gasteiger partial charge in [0.05, 0.1) is 0 Å². The van der Waals surface area contributed by atoms with Crippen LogP contribution in [-0.4, -0.2) is 28.6 Å². The van der Waals surface area contributed by atoms with Gasteiger partial charge in [-0.1, -0.05) is 31.2 Å². The molecule has 1 rings (SSSR count). The van der Waals surface area contributed by atoms with Gasteiger partial charge in [-0.25, -0.2) is 4.79 Å². The number of nitrogens with zero attached hydrogens (tertiary/aromatic N) is 1. The van der Waals surface area contributed by atoms with Crippen LogP contribution in [0.5, 0.6) is 0 Å². The maximum Gasteiger partial charge on any atom is 0.328 e. The minimum atomic E-state index is -0.919. The first kappa shape index (κ1) is 14.5. The highest BCUT2D eigenvalue weighted by molar-refractivity contribution is 5.85. The minimum absolute atomic E-state index is 0.508. The van der Waals surface area contributed by atoms with Gasteiger partial charge < -0.3 is 5.11 Å². The molecule has 0 radical (unpaired) electrons. The molecule has 0 unspecified atom stereocenters. The van der Waals surface area contributed by atoms with Gasteiger partial charge in [-0.3, -0.25) is 4.90 Å². The van der Waals surface area contributed by atoms with E-state index in [2.05, 4.69) is 31.7 Å². The van der Waals surface area contributed by atoms with Crippen molar-refractivity contribution >= 4 is 12.0 Å². The predicted molar refractivity (Wildman–Crippen MR) is 74.3 cm³/mol. The van der Waals surface area contributed by atoms with Gasteiger partial charge in [0.15, 0.2) is 0 Å². The third-order valence-electron chi connectivity index (χ3n) is 2.89. The van der Waals surface area contributed by atoms with Gasteiger partial charge in [-0.05, 0) is 37.6 Å². The van der Waals surface area contributed by atoms with E-state index in [0.717, 1.165) is 18.7 Å². The standard InChI is InChI=1S/C15H21NO2/c1-4-16(12(2)3)11-14-7-5-6-13(10-14)8-9-15(17)18/h5-10,12H,4,11H2,1-3H3,(H,17,18). The molecule has 98 valence electrons. The molecule has 3 nitrogen and oxygen atoms in total. The first-order valence-electron chi connectivity index (χ1n) is 6.27. The van der Waals surface area contributed by atoms with E-state index in [-0.39, 0.29) is 0 Å². The Labute approximate surface area is 109 Å². The van der Waals surface area contributed by atoms with E-state index in [0.29, 0.717) is 6.04 Å². The molecule has 0 bridgehead atoms. The van der Waals surface area contributed by atoms with Crippen molar-refractivity contribution in [3.63, 3.8) is 0 Å². The van der Waals surface area contributed by atoms with Crippen LogP contribution in [0.2, 0.25) is 0 Å². The molecule has 0 spiro atoms. The Morgan fingerprint density at radius 1 is 1.44 bits per heavy atom. The highest BCUT2D eigenvalue weighted by atomic mass is 16.4. The summed E-state index contributed by atoms with van der Waals surface area (Å²) in [6.07, 6.45) is 2.79. The minimum Gasteiger partial charge on any atom is -0.478 e. The molecule has 3 heteroatoms. The van der Waals surface area contributed by atoms with Crippen LogP contribution in [0.4, 0.5) is 0 Å². The zero-order valence-corrected chi connectivity index (χ0v) is 11.3. The van der Waals surface area contributed by atoms with Crippen molar-refractivity contribution in [2.45, 2.75) is 33.4 Å².